The van der Waals surface area contributed by atoms with Crippen LogP contribution in [0.2, 0.25) is 0 Å². The number of halogens is 1. The number of benzene rings is 2. The first-order valence-electron chi connectivity index (χ1n) is 8.96. The summed E-state index contributed by atoms with van der Waals surface area (Å²) in [5, 5.41) is 9.33. The third-order valence-electron chi connectivity index (χ3n) is 4.30. The molecule has 0 amide bonds. The zero-order valence-corrected chi connectivity index (χ0v) is 16.5. The van der Waals surface area contributed by atoms with E-state index in [1.54, 1.807) is 6.92 Å². The third kappa shape index (κ3) is 4.96. The molecule has 0 spiro atoms. The van der Waals surface area contributed by atoms with Gasteiger partial charge in [-0.3, -0.25) is 4.72 Å². The third-order valence-corrected chi connectivity index (χ3v) is 5.68. The minimum Gasteiger partial charge on any atom is -0.493 e. The summed E-state index contributed by atoms with van der Waals surface area (Å²) in [4.78, 5) is 13.1. The Morgan fingerprint density at radius 1 is 1.24 bits per heavy atom. The predicted octanol–water partition coefficient (Wildman–Crippen LogP) is 2.56. The zero-order chi connectivity index (χ0) is 21.0. The fourth-order valence-corrected chi connectivity index (χ4v) is 4.04. The van der Waals surface area contributed by atoms with Crippen molar-refractivity contribution in [3.05, 3.63) is 47.8 Å². The van der Waals surface area contributed by atoms with Gasteiger partial charge in [0.25, 0.3) is 10.0 Å². The molecule has 3 rings (SSSR count). The highest BCUT2D eigenvalue weighted by Crippen LogP contribution is 2.27. The van der Waals surface area contributed by atoms with Crippen molar-refractivity contribution in [2.24, 2.45) is 0 Å². The number of nitrogens with one attached hydrogen (secondary N) is 1. The van der Waals surface area contributed by atoms with Gasteiger partial charge in [0.05, 0.1) is 30.4 Å². The van der Waals surface area contributed by atoms with Gasteiger partial charge in [-0.2, -0.15) is 0 Å². The summed E-state index contributed by atoms with van der Waals surface area (Å²) in [7, 11) is -4.14. The van der Waals surface area contributed by atoms with Gasteiger partial charge in [-0.25, -0.2) is 17.6 Å². The normalized spacial score (nSPS) is 14.5. The Kier molecular flexibility index (Phi) is 6.23. The van der Waals surface area contributed by atoms with Crippen molar-refractivity contribution in [1.29, 1.82) is 0 Å². The highest BCUT2D eigenvalue weighted by Gasteiger charge is 2.21. The van der Waals surface area contributed by atoms with Gasteiger partial charge >= 0.3 is 5.97 Å². The highest BCUT2D eigenvalue weighted by molar-refractivity contribution is 7.92. The van der Waals surface area contributed by atoms with Gasteiger partial charge in [0.1, 0.15) is 17.1 Å². The SMILES string of the molecule is CCOc1ccc(S(=O)(=O)Nc2cc(F)cc(N3CCOCC3)c2)cc1C(=O)O. The molecule has 2 aromatic rings. The second-order valence-electron chi connectivity index (χ2n) is 6.30. The summed E-state index contributed by atoms with van der Waals surface area (Å²) in [5.41, 5.74) is 0.296. The van der Waals surface area contributed by atoms with E-state index in [-0.39, 0.29) is 28.5 Å². The molecule has 1 aliphatic heterocycles. The van der Waals surface area contributed by atoms with Crippen molar-refractivity contribution < 1.29 is 32.2 Å². The fourth-order valence-electron chi connectivity index (χ4n) is 2.98. The second-order valence-corrected chi connectivity index (χ2v) is 7.98. The molecule has 1 aliphatic rings. The summed E-state index contributed by atoms with van der Waals surface area (Å²) in [5.74, 6) is -1.84. The van der Waals surface area contributed by atoms with Gasteiger partial charge in [0.15, 0.2) is 0 Å². The van der Waals surface area contributed by atoms with Gasteiger partial charge in [-0.1, -0.05) is 0 Å². The van der Waals surface area contributed by atoms with Crippen molar-refractivity contribution in [3.8, 4) is 5.75 Å². The van der Waals surface area contributed by atoms with Crippen LogP contribution in [0.4, 0.5) is 15.8 Å². The smallest absolute Gasteiger partial charge is 0.339 e. The quantitative estimate of drug-likeness (QED) is 0.704. The number of ether oxygens (including phenoxy) is 2. The van der Waals surface area contributed by atoms with Crippen LogP contribution in [0.15, 0.2) is 41.3 Å². The van der Waals surface area contributed by atoms with Gasteiger partial charge in [-0.15, -0.1) is 0 Å². The number of rotatable bonds is 7. The lowest BCUT2D eigenvalue weighted by atomic mass is 10.2. The highest BCUT2D eigenvalue weighted by atomic mass is 32.2. The Morgan fingerprint density at radius 2 is 1.97 bits per heavy atom. The summed E-state index contributed by atoms with van der Waals surface area (Å²) < 4.78 is 52.4. The Bertz CT molecular complexity index is 1010. The van der Waals surface area contributed by atoms with Gasteiger partial charge in [-0.05, 0) is 43.3 Å². The first-order valence-corrected chi connectivity index (χ1v) is 10.4. The molecule has 2 N–H and O–H groups in total. The zero-order valence-electron chi connectivity index (χ0n) is 15.7. The Morgan fingerprint density at radius 3 is 2.62 bits per heavy atom. The van der Waals surface area contributed by atoms with Crippen LogP contribution < -0.4 is 14.4 Å². The summed E-state index contributed by atoms with van der Waals surface area (Å²) in [6.45, 7) is 4.06. The molecule has 1 saturated heterocycles. The number of carboxylic acid groups (broad SMARTS) is 1. The van der Waals surface area contributed by atoms with E-state index in [1.165, 1.54) is 24.3 Å². The number of carbonyl (C=O) groups is 1. The van der Waals surface area contributed by atoms with Gasteiger partial charge < -0.3 is 19.5 Å². The molecule has 0 bridgehead atoms. The van der Waals surface area contributed by atoms with E-state index in [1.807, 2.05) is 4.90 Å². The fraction of sp³-hybridized carbons (Fsp3) is 0.316. The lowest BCUT2D eigenvalue weighted by Gasteiger charge is -2.29. The number of morpholine rings is 1. The van der Waals surface area contributed by atoms with Crippen LogP contribution in [0.1, 0.15) is 17.3 Å². The molecular weight excluding hydrogens is 403 g/mol. The molecule has 156 valence electrons. The Balaban J connectivity index is 1.90. The molecule has 1 fully saturated rings. The van der Waals surface area contributed by atoms with E-state index in [9.17, 15) is 22.7 Å². The van der Waals surface area contributed by atoms with Crippen LogP contribution in [0.3, 0.4) is 0 Å². The maximum absolute atomic E-state index is 14.1. The first kappa shape index (κ1) is 20.9. The molecule has 1 heterocycles. The van der Waals surface area contributed by atoms with Crippen LogP contribution in [0, 0.1) is 5.82 Å². The van der Waals surface area contributed by atoms with Crippen molar-refractivity contribution in [3.63, 3.8) is 0 Å². The molecule has 0 unspecified atom stereocenters. The van der Waals surface area contributed by atoms with Crippen molar-refractivity contribution in [1.82, 2.24) is 0 Å². The van der Waals surface area contributed by atoms with Crippen molar-refractivity contribution in [2.75, 3.05) is 42.5 Å². The maximum atomic E-state index is 14.1. The molecule has 10 heteroatoms. The van der Waals surface area contributed by atoms with Gasteiger partial charge in [0.2, 0.25) is 0 Å². The molecule has 0 atom stereocenters. The minimum atomic E-state index is -4.14. The van der Waals surface area contributed by atoms with Crippen molar-refractivity contribution >= 4 is 27.4 Å². The average molecular weight is 424 g/mol. The van der Waals surface area contributed by atoms with E-state index in [0.29, 0.717) is 32.0 Å². The number of hydrogen-bond donors (Lipinski definition) is 2. The van der Waals surface area contributed by atoms with Crippen LogP contribution in [-0.4, -0.2) is 52.4 Å². The molecule has 8 nitrogen and oxygen atoms in total. The Labute approximate surface area is 167 Å². The monoisotopic (exact) mass is 424 g/mol. The molecule has 0 saturated carbocycles. The molecular formula is C19H21FN2O6S. The summed E-state index contributed by atoms with van der Waals surface area (Å²) in [6, 6.07) is 7.45. The van der Waals surface area contributed by atoms with Crippen LogP contribution >= 0.6 is 0 Å². The minimum absolute atomic E-state index is 0.0391. The Hall–Kier alpha value is -2.85. The lowest BCUT2D eigenvalue weighted by Crippen LogP contribution is -2.36. The van der Waals surface area contributed by atoms with Gasteiger partial charge in [0, 0.05) is 18.8 Å². The number of hydrogen-bond acceptors (Lipinski definition) is 6. The molecule has 0 aliphatic carbocycles. The second kappa shape index (κ2) is 8.66. The maximum Gasteiger partial charge on any atom is 0.339 e. The number of anilines is 2. The standard InChI is InChI=1S/C19H21FN2O6S/c1-2-28-18-4-3-16(12-17(18)19(23)24)29(25,26)21-14-9-13(20)10-15(11-14)22-5-7-27-8-6-22/h3-4,9-12,21H,2,5-8H2,1H3,(H,23,24). The number of nitrogens with zero attached hydrogens (tertiary/aromatic N) is 1. The topological polar surface area (TPSA) is 105 Å². The number of aromatic carboxylic acids is 1. The van der Waals surface area contributed by atoms with Crippen LogP contribution in [0.25, 0.3) is 0 Å². The first-order chi connectivity index (χ1) is 13.8. The van der Waals surface area contributed by atoms with Crippen molar-refractivity contribution in [2.45, 2.75) is 11.8 Å². The summed E-state index contributed by atoms with van der Waals surface area (Å²) in [6.07, 6.45) is 0. The van der Waals surface area contributed by atoms with Crippen LogP contribution in [0.5, 0.6) is 5.75 Å². The van der Waals surface area contributed by atoms with E-state index in [0.717, 1.165) is 12.1 Å². The predicted molar refractivity (Wildman–Crippen MR) is 105 cm³/mol. The molecule has 0 radical (unpaired) electrons. The molecule has 29 heavy (non-hydrogen) atoms. The number of sulfonamides is 1. The van der Waals surface area contributed by atoms with E-state index < -0.39 is 21.8 Å². The van der Waals surface area contributed by atoms with E-state index >= 15 is 0 Å². The van der Waals surface area contributed by atoms with E-state index in [2.05, 4.69) is 4.72 Å². The molecule has 2 aromatic carbocycles. The lowest BCUT2D eigenvalue weighted by molar-refractivity contribution is 0.0692. The average Bonchev–Trinajstić information content (AvgIpc) is 2.68. The molecule has 0 aromatic heterocycles. The largest absolute Gasteiger partial charge is 0.493 e. The van der Waals surface area contributed by atoms with Crippen LogP contribution in [-0.2, 0) is 14.8 Å². The van der Waals surface area contributed by atoms with E-state index in [4.69, 9.17) is 9.47 Å². The number of carboxylic acids is 1. The summed E-state index contributed by atoms with van der Waals surface area (Å²) >= 11 is 0.